The fourth-order valence-electron chi connectivity index (χ4n) is 1.92. The fourth-order valence-corrected chi connectivity index (χ4v) is 2.81. The third-order valence-corrected chi connectivity index (χ3v) is 4.13. The molecule has 0 saturated carbocycles. The molecule has 0 atom stereocenters. The van der Waals surface area contributed by atoms with E-state index in [2.05, 4.69) is 4.98 Å². The smallest absolute Gasteiger partial charge is 0.253 e. The predicted octanol–water partition coefficient (Wildman–Crippen LogP) is 3.86. The van der Waals surface area contributed by atoms with E-state index in [1.807, 2.05) is 26.0 Å². The second-order valence-electron chi connectivity index (χ2n) is 4.37. The van der Waals surface area contributed by atoms with Crippen LogP contribution in [0, 0.1) is 0 Å². The van der Waals surface area contributed by atoms with Gasteiger partial charge in [-0.15, -0.1) is 11.3 Å². The molecule has 6 heteroatoms. The molecule has 1 aromatic carbocycles. The van der Waals surface area contributed by atoms with Gasteiger partial charge in [-0.25, -0.2) is 4.98 Å². The number of benzene rings is 1. The van der Waals surface area contributed by atoms with Crippen LogP contribution in [0.4, 0.5) is 0 Å². The van der Waals surface area contributed by atoms with E-state index in [0.29, 0.717) is 35.5 Å². The lowest BCUT2D eigenvalue weighted by Gasteiger charge is -2.18. The van der Waals surface area contributed by atoms with Gasteiger partial charge in [-0.1, -0.05) is 17.7 Å². The van der Waals surface area contributed by atoms with Crippen LogP contribution in [0.2, 0.25) is 4.47 Å². The zero-order valence-corrected chi connectivity index (χ0v) is 13.6. The Kier molecular flexibility index (Phi) is 5.59. The molecular weight excluding hydrogens is 308 g/mol. The van der Waals surface area contributed by atoms with E-state index < -0.39 is 0 Å². The molecule has 0 aliphatic heterocycles. The van der Waals surface area contributed by atoms with Crippen LogP contribution in [0.5, 0.6) is 5.75 Å². The summed E-state index contributed by atoms with van der Waals surface area (Å²) < 4.78 is 6.18. The molecule has 0 spiro atoms. The number of ether oxygens (including phenoxy) is 1. The van der Waals surface area contributed by atoms with Crippen molar-refractivity contribution in [1.82, 2.24) is 9.88 Å². The van der Waals surface area contributed by atoms with Crippen molar-refractivity contribution in [2.75, 3.05) is 13.1 Å². The van der Waals surface area contributed by atoms with Crippen LogP contribution in [0.1, 0.15) is 29.1 Å². The molecule has 0 radical (unpaired) electrons. The van der Waals surface area contributed by atoms with Crippen LogP contribution < -0.4 is 4.74 Å². The second-order valence-corrected chi connectivity index (χ2v) is 6.07. The van der Waals surface area contributed by atoms with Crippen molar-refractivity contribution in [3.05, 3.63) is 45.4 Å². The molecule has 2 aromatic rings. The first-order valence-electron chi connectivity index (χ1n) is 6.76. The van der Waals surface area contributed by atoms with Crippen LogP contribution >= 0.6 is 22.9 Å². The van der Waals surface area contributed by atoms with Gasteiger partial charge in [-0.05, 0) is 32.0 Å². The number of hydrogen-bond acceptors (Lipinski definition) is 4. The van der Waals surface area contributed by atoms with Crippen LogP contribution in [-0.4, -0.2) is 28.9 Å². The summed E-state index contributed by atoms with van der Waals surface area (Å²) in [5.41, 5.74) is 0.638. The highest BCUT2D eigenvalue weighted by Gasteiger charge is 2.13. The van der Waals surface area contributed by atoms with Crippen molar-refractivity contribution in [2.24, 2.45) is 0 Å². The minimum Gasteiger partial charge on any atom is -0.488 e. The minimum atomic E-state index is 0.0197. The Hall–Kier alpha value is -1.59. The lowest BCUT2D eigenvalue weighted by atomic mass is 10.2. The number of nitrogens with zero attached hydrogens (tertiary/aromatic N) is 2. The largest absolute Gasteiger partial charge is 0.488 e. The van der Waals surface area contributed by atoms with E-state index in [4.69, 9.17) is 16.3 Å². The zero-order chi connectivity index (χ0) is 15.2. The Labute approximate surface area is 133 Å². The summed E-state index contributed by atoms with van der Waals surface area (Å²) in [7, 11) is 0. The number of amides is 1. The Bertz CT molecular complexity index is 611. The summed E-state index contributed by atoms with van der Waals surface area (Å²) in [6.45, 7) is 5.72. The first kappa shape index (κ1) is 15.8. The zero-order valence-electron chi connectivity index (χ0n) is 12.0. The van der Waals surface area contributed by atoms with E-state index in [1.54, 1.807) is 23.2 Å². The maximum Gasteiger partial charge on any atom is 0.253 e. The van der Waals surface area contributed by atoms with Gasteiger partial charge in [0.1, 0.15) is 12.4 Å². The van der Waals surface area contributed by atoms with Gasteiger partial charge < -0.3 is 9.64 Å². The van der Waals surface area contributed by atoms with Gasteiger partial charge in [-0.2, -0.15) is 0 Å². The third-order valence-electron chi connectivity index (χ3n) is 3.04. The number of thiazole rings is 1. The highest BCUT2D eigenvalue weighted by Crippen LogP contribution is 2.21. The Balaban J connectivity index is 2.05. The topological polar surface area (TPSA) is 42.4 Å². The molecule has 112 valence electrons. The Morgan fingerprint density at radius 3 is 2.76 bits per heavy atom. The number of aromatic nitrogens is 1. The van der Waals surface area contributed by atoms with Gasteiger partial charge in [0.05, 0.1) is 4.88 Å². The molecule has 1 amide bonds. The molecule has 0 N–H and O–H groups in total. The molecule has 1 aromatic heterocycles. The van der Waals surface area contributed by atoms with Gasteiger partial charge in [0.15, 0.2) is 4.47 Å². The number of hydrogen-bond donors (Lipinski definition) is 0. The second kappa shape index (κ2) is 7.43. The summed E-state index contributed by atoms with van der Waals surface area (Å²) >= 11 is 7.16. The highest BCUT2D eigenvalue weighted by molar-refractivity contribution is 7.15. The summed E-state index contributed by atoms with van der Waals surface area (Å²) in [4.78, 5) is 19.0. The van der Waals surface area contributed by atoms with E-state index in [1.165, 1.54) is 11.3 Å². The predicted molar refractivity (Wildman–Crippen MR) is 85.1 cm³/mol. The lowest BCUT2D eigenvalue weighted by Crippen LogP contribution is -2.30. The monoisotopic (exact) mass is 324 g/mol. The first-order valence-corrected chi connectivity index (χ1v) is 7.95. The van der Waals surface area contributed by atoms with E-state index >= 15 is 0 Å². The standard InChI is InChI=1S/C15H17ClN2O2S/c1-3-18(4-2)14(19)11-6-5-7-12(8-11)20-10-13-9-17-15(16)21-13/h5-9H,3-4,10H2,1-2H3. The molecule has 0 unspecified atom stereocenters. The fraction of sp³-hybridized carbons (Fsp3) is 0.333. The summed E-state index contributed by atoms with van der Waals surface area (Å²) in [5.74, 6) is 0.684. The van der Waals surface area contributed by atoms with Crippen LogP contribution in [0.25, 0.3) is 0 Å². The summed E-state index contributed by atoms with van der Waals surface area (Å²) in [6.07, 6.45) is 1.69. The molecule has 0 aliphatic carbocycles. The van der Waals surface area contributed by atoms with E-state index in [0.717, 1.165) is 4.88 Å². The molecule has 4 nitrogen and oxygen atoms in total. The van der Waals surface area contributed by atoms with Crippen molar-refractivity contribution in [2.45, 2.75) is 20.5 Å². The molecule has 0 fully saturated rings. The number of rotatable bonds is 6. The summed E-state index contributed by atoms with van der Waals surface area (Å²) in [6, 6.07) is 7.23. The van der Waals surface area contributed by atoms with Crippen molar-refractivity contribution >= 4 is 28.8 Å². The Morgan fingerprint density at radius 2 is 2.14 bits per heavy atom. The highest BCUT2D eigenvalue weighted by atomic mass is 35.5. The third kappa shape index (κ3) is 4.19. The SMILES string of the molecule is CCN(CC)C(=O)c1cccc(OCc2cnc(Cl)s2)c1. The van der Waals surface area contributed by atoms with E-state index in [-0.39, 0.29) is 5.91 Å². The number of carbonyl (C=O) groups is 1. The number of halogens is 1. The molecule has 2 rings (SSSR count). The average Bonchev–Trinajstić information content (AvgIpc) is 2.92. The van der Waals surface area contributed by atoms with Crippen molar-refractivity contribution in [1.29, 1.82) is 0 Å². The van der Waals surface area contributed by atoms with Crippen LogP contribution in [0.3, 0.4) is 0 Å². The van der Waals surface area contributed by atoms with Crippen molar-refractivity contribution in [3.63, 3.8) is 0 Å². The maximum atomic E-state index is 12.3. The van der Waals surface area contributed by atoms with Gasteiger partial charge in [0.2, 0.25) is 0 Å². The molecule has 0 aliphatic rings. The average molecular weight is 325 g/mol. The minimum absolute atomic E-state index is 0.0197. The summed E-state index contributed by atoms with van der Waals surface area (Å²) in [5, 5.41) is 0. The molecule has 1 heterocycles. The molecule has 21 heavy (non-hydrogen) atoms. The van der Waals surface area contributed by atoms with Gasteiger partial charge >= 0.3 is 0 Å². The molecular formula is C15H17ClN2O2S. The van der Waals surface area contributed by atoms with Gasteiger partial charge in [0, 0.05) is 24.8 Å². The lowest BCUT2D eigenvalue weighted by molar-refractivity contribution is 0.0772. The first-order chi connectivity index (χ1) is 10.1. The molecule has 0 bridgehead atoms. The van der Waals surface area contributed by atoms with Crippen LogP contribution in [0.15, 0.2) is 30.5 Å². The quantitative estimate of drug-likeness (QED) is 0.810. The van der Waals surface area contributed by atoms with Crippen molar-refractivity contribution in [3.8, 4) is 5.75 Å². The Morgan fingerprint density at radius 1 is 1.38 bits per heavy atom. The van der Waals surface area contributed by atoms with Crippen molar-refractivity contribution < 1.29 is 9.53 Å². The van der Waals surface area contributed by atoms with E-state index in [9.17, 15) is 4.79 Å². The normalized spacial score (nSPS) is 10.4. The van der Waals surface area contributed by atoms with Crippen LogP contribution in [-0.2, 0) is 6.61 Å². The molecule has 0 saturated heterocycles. The van der Waals surface area contributed by atoms with Gasteiger partial charge in [-0.3, -0.25) is 4.79 Å². The van der Waals surface area contributed by atoms with Gasteiger partial charge in [0.25, 0.3) is 5.91 Å². The number of carbonyl (C=O) groups excluding carboxylic acids is 1. The maximum absolute atomic E-state index is 12.3.